The van der Waals surface area contributed by atoms with Crippen molar-refractivity contribution in [1.29, 1.82) is 0 Å². The van der Waals surface area contributed by atoms with Crippen LogP contribution in [0.25, 0.3) is 0 Å². The van der Waals surface area contributed by atoms with Crippen molar-refractivity contribution < 1.29 is 9.53 Å². The number of methoxy groups -OCH3 is 1. The van der Waals surface area contributed by atoms with E-state index in [0.717, 1.165) is 30.3 Å². The molecule has 116 valence electrons. The molecule has 2 heterocycles. The third-order valence-corrected chi connectivity index (χ3v) is 5.03. The third kappa shape index (κ3) is 3.00. The maximum Gasteiger partial charge on any atom is 0.264 e. The molecule has 1 aliphatic heterocycles. The van der Waals surface area contributed by atoms with Gasteiger partial charge in [-0.2, -0.15) is 0 Å². The first-order valence-corrected chi connectivity index (χ1v) is 8.24. The van der Waals surface area contributed by atoms with Crippen molar-refractivity contribution in [3.63, 3.8) is 0 Å². The number of hydrogen-bond donors (Lipinski definition) is 0. The van der Waals surface area contributed by atoms with Crippen LogP contribution in [0, 0.1) is 0 Å². The molecule has 0 radical (unpaired) electrons. The van der Waals surface area contributed by atoms with Crippen LogP contribution in [0.4, 0.5) is 0 Å². The zero-order valence-electron chi connectivity index (χ0n) is 12.9. The van der Waals surface area contributed by atoms with Gasteiger partial charge in [-0.15, -0.1) is 11.3 Å². The van der Waals surface area contributed by atoms with Crippen LogP contribution in [-0.2, 0) is 0 Å². The van der Waals surface area contributed by atoms with Gasteiger partial charge in [0.2, 0.25) is 0 Å². The lowest BCUT2D eigenvalue weighted by Gasteiger charge is -2.39. The standard InChI is InChI=1S/C17H20N2O2S/c1-18-9-10-19(17(20)16-4-3-11-22-16)12-15(18)13-5-7-14(21-2)8-6-13/h3-8,11,15H,9-10,12H2,1-2H3/t15-/m1/s1. The molecule has 1 fully saturated rings. The molecule has 0 bridgehead atoms. The van der Waals surface area contributed by atoms with E-state index in [1.165, 1.54) is 16.9 Å². The minimum atomic E-state index is 0.140. The Hall–Kier alpha value is -1.85. The molecule has 0 unspecified atom stereocenters. The second-order valence-electron chi connectivity index (χ2n) is 5.50. The van der Waals surface area contributed by atoms with Crippen molar-refractivity contribution in [2.75, 3.05) is 33.8 Å². The van der Waals surface area contributed by atoms with E-state index >= 15 is 0 Å². The Bertz CT molecular complexity index is 625. The SMILES string of the molecule is COc1ccc([C@H]2CN(C(=O)c3cccs3)CCN2C)cc1. The van der Waals surface area contributed by atoms with Crippen molar-refractivity contribution in [1.82, 2.24) is 9.80 Å². The highest BCUT2D eigenvalue weighted by Gasteiger charge is 2.29. The molecule has 0 saturated carbocycles. The Balaban J connectivity index is 1.77. The maximum atomic E-state index is 12.5. The molecule has 5 heteroatoms. The van der Waals surface area contributed by atoms with Crippen molar-refractivity contribution in [3.05, 3.63) is 52.2 Å². The summed E-state index contributed by atoms with van der Waals surface area (Å²) in [6.45, 7) is 2.38. The van der Waals surface area contributed by atoms with Gasteiger partial charge in [0.25, 0.3) is 5.91 Å². The summed E-state index contributed by atoms with van der Waals surface area (Å²) in [5.41, 5.74) is 1.21. The van der Waals surface area contributed by atoms with Gasteiger partial charge in [0.05, 0.1) is 18.0 Å². The van der Waals surface area contributed by atoms with E-state index in [-0.39, 0.29) is 11.9 Å². The molecule has 1 aliphatic rings. The van der Waals surface area contributed by atoms with Crippen LogP contribution < -0.4 is 4.74 Å². The fourth-order valence-corrected chi connectivity index (χ4v) is 3.49. The van der Waals surface area contributed by atoms with E-state index in [2.05, 4.69) is 24.1 Å². The number of thiophene rings is 1. The lowest BCUT2D eigenvalue weighted by molar-refractivity contribution is 0.0550. The summed E-state index contributed by atoms with van der Waals surface area (Å²) in [5, 5.41) is 1.95. The zero-order chi connectivity index (χ0) is 15.5. The largest absolute Gasteiger partial charge is 0.497 e. The molecule has 1 saturated heterocycles. The van der Waals surface area contributed by atoms with Crippen molar-refractivity contribution in [2.45, 2.75) is 6.04 Å². The van der Waals surface area contributed by atoms with Gasteiger partial charge in [0.1, 0.15) is 5.75 Å². The average molecular weight is 316 g/mol. The van der Waals surface area contributed by atoms with Crippen LogP contribution in [-0.4, -0.2) is 49.5 Å². The molecule has 0 N–H and O–H groups in total. The van der Waals surface area contributed by atoms with Crippen LogP contribution in [0.5, 0.6) is 5.75 Å². The highest BCUT2D eigenvalue weighted by molar-refractivity contribution is 7.12. The molecule has 0 aliphatic carbocycles. The third-order valence-electron chi connectivity index (χ3n) is 4.17. The van der Waals surface area contributed by atoms with Gasteiger partial charge in [-0.1, -0.05) is 18.2 Å². The number of likely N-dealkylation sites (N-methyl/N-ethyl adjacent to an activating group) is 1. The first kappa shape index (κ1) is 15.1. The van der Waals surface area contributed by atoms with Crippen molar-refractivity contribution >= 4 is 17.2 Å². The second kappa shape index (κ2) is 6.50. The van der Waals surface area contributed by atoms with E-state index < -0.39 is 0 Å². The monoisotopic (exact) mass is 316 g/mol. The number of ether oxygens (including phenoxy) is 1. The van der Waals surface area contributed by atoms with Gasteiger partial charge >= 0.3 is 0 Å². The van der Waals surface area contributed by atoms with Gasteiger partial charge in [-0.05, 0) is 36.2 Å². The summed E-state index contributed by atoms with van der Waals surface area (Å²) in [4.78, 5) is 17.6. The summed E-state index contributed by atoms with van der Waals surface area (Å²) in [6, 6.07) is 12.2. The molecular weight excluding hydrogens is 296 g/mol. The number of rotatable bonds is 3. The Kier molecular flexibility index (Phi) is 4.45. The number of carbonyl (C=O) groups is 1. The Morgan fingerprint density at radius 2 is 2.00 bits per heavy atom. The van der Waals surface area contributed by atoms with Gasteiger partial charge in [0, 0.05) is 19.6 Å². The highest BCUT2D eigenvalue weighted by atomic mass is 32.1. The Labute approximate surface area is 134 Å². The van der Waals surface area contributed by atoms with E-state index in [4.69, 9.17) is 4.74 Å². The molecule has 1 aromatic carbocycles. The van der Waals surface area contributed by atoms with Gasteiger partial charge in [-0.25, -0.2) is 0 Å². The number of benzene rings is 1. The molecule has 3 rings (SSSR count). The minimum Gasteiger partial charge on any atom is -0.497 e. The molecule has 22 heavy (non-hydrogen) atoms. The molecule has 0 spiro atoms. The molecule has 1 aromatic heterocycles. The van der Waals surface area contributed by atoms with Crippen LogP contribution in [0.1, 0.15) is 21.3 Å². The van der Waals surface area contributed by atoms with Crippen molar-refractivity contribution in [3.8, 4) is 5.75 Å². The van der Waals surface area contributed by atoms with Crippen LogP contribution in [0.15, 0.2) is 41.8 Å². The maximum absolute atomic E-state index is 12.5. The first-order valence-electron chi connectivity index (χ1n) is 7.36. The summed E-state index contributed by atoms with van der Waals surface area (Å²) in [5.74, 6) is 0.996. The number of amides is 1. The normalized spacial score (nSPS) is 19.2. The first-order chi connectivity index (χ1) is 10.7. The molecule has 1 amide bonds. The number of piperazine rings is 1. The van der Waals surface area contributed by atoms with Crippen molar-refractivity contribution in [2.24, 2.45) is 0 Å². The van der Waals surface area contributed by atoms with E-state index in [9.17, 15) is 4.79 Å². The predicted octanol–water partition coefficient (Wildman–Crippen LogP) is 2.89. The number of carbonyl (C=O) groups excluding carboxylic acids is 1. The highest BCUT2D eigenvalue weighted by Crippen LogP contribution is 2.27. The average Bonchev–Trinajstić information content (AvgIpc) is 3.09. The molecule has 4 nitrogen and oxygen atoms in total. The van der Waals surface area contributed by atoms with Crippen LogP contribution >= 0.6 is 11.3 Å². The number of nitrogens with zero attached hydrogens (tertiary/aromatic N) is 2. The summed E-state index contributed by atoms with van der Waals surface area (Å²) < 4.78 is 5.21. The van der Waals surface area contributed by atoms with E-state index in [0.29, 0.717) is 0 Å². The number of hydrogen-bond acceptors (Lipinski definition) is 4. The second-order valence-corrected chi connectivity index (χ2v) is 6.45. The summed E-state index contributed by atoms with van der Waals surface area (Å²) in [7, 11) is 3.78. The minimum absolute atomic E-state index is 0.140. The zero-order valence-corrected chi connectivity index (χ0v) is 13.7. The van der Waals surface area contributed by atoms with Crippen LogP contribution in [0.3, 0.4) is 0 Å². The summed E-state index contributed by atoms with van der Waals surface area (Å²) in [6.07, 6.45) is 0. The summed E-state index contributed by atoms with van der Waals surface area (Å²) >= 11 is 1.51. The lowest BCUT2D eigenvalue weighted by atomic mass is 10.0. The van der Waals surface area contributed by atoms with E-state index in [1.807, 2.05) is 34.5 Å². The van der Waals surface area contributed by atoms with Crippen LogP contribution in [0.2, 0.25) is 0 Å². The van der Waals surface area contributed by atoms with E-state index in [1.54, 1.807) is 7.11 Å². The quantitative estimate of drug-likeness (QED) is 0.873. The molecule has 2 aromatic rings. The lowest BCUT2D eigenvalue weighted by Crippen LogP contribution is -2.48. The smallest absolute Gasteiger partial charge is 0.264 e. The Morgan fingerprint density at radius 1 is 1.23 bits per heavy atom. The van der Waals surface area contributed by atoms with Gasteiger partial charge in [0.15, 0.2) is 0 Å². The molecular formula is C17H20N2O2S. The van der Waals surface area contributed by atoms with Gasteiger partial charge in [-0.3, -0.25) is 9.69 Å². The fourth-order valence-electron chi connectivity index (χ4n) is 2.80. The predicted molar refractivity (Wildman–Crippen MR) is 88.6 cm³/mol. The topological polar surface area (TPSA) is 32.8 Å². The van der Waals surface area contributed by atoms with Gasteiger partial charge < -0.3 is 9.64 Å². The Morgan fingerprint density at radius 3 is 2.64 bits per heavy atom. The fraction of sp³-hybridized carbons (Fsp3) is 0.353. The molecule has 1 atom stereocenters.